The standard InChI is InChI=1S/C19H15Cl2N3O3S/c1-12-4-2-3-5-17(12)23-19(25)15-10-14(7-8-16(15)21)28(26,27)24-18-9-6-13(20)11-22-18/h2-11H,1H3,(H,22,24)(H,23,25). The molecule has 2 N–H and O–H groups in total. The predicted octanol–water partition coefficient (Wildman–Crippen LogP) is 4.75. The first kappa shape index (κ1) is 20.1. The van der Waals surface area contributed by atoms with E-state index >= 15 is 0 Å². The van der Waals surface area contributed by atoms with Crippen LogP contribution in [0.25, 0.3) is 0 Å². The smallest absolute Gasteiger partial charge is 0.263 e. The number of nitrogens with zero attached hydrogens (tertiary/aromatic N) is 1. The van der Waals surface area contributed by atoms with Crippen LogP contribution in [0, 0.1) is 6.92 Å². The Morgan fingerprint density at radius 2 is 1.79 bits per heavy atom. The van der Waals surface area contributed by atoms with E-state index in [1.807, 2.05) is 19.1 Å². The molecule has 0 unspecified atom stereocenters. The first-order valence-electron chi connectivity index (χ1n) is 8.07. The molecule has 1 amide bonds. The number of amides is 1. The number of nitrogens with one attached hydrogen (secondary N) is 2. The lowest BCUT2D eigenvalue weighted by molar-refractivity contribution is 0.102. The monoisotopic (exact) mass is 435 g/mol. The normalized spacial score (nSPS) is 11.1. The Morgan fingerprint density at radius 1 is 1.04 bits per heavy atom. The molecule has 3 rings (SSSR count). The number of hydrogen-bond donors (Lipinski definition) is 2. The van der Waals surface area contributed by atoms with Crippen molar-refractivity contribution in [1.29, 1.82) is 0 Å². The summed E-state index contributed by atoms with van der Waals surface area (Å²) in [5.41, 5.74) is 1.52. The van der Waals surface area contributed by atoms with Gasteiger partial charge in [-0.3, -0.25) is 9.52 Å². The molecule has 0 saturated heterocycles. The number of aryl methyl sites for hydroxylation is 1. The molecule has 3 aromatic rings. The van der Waals surface area contributed by atoms with Gasteiger partial charge in [0.15, 0.2) is 0 Å². The lowest BCUT2D eigenvalue weighted by Gasteiger charge is -2.12. The van der Waals surface area contributed by atoms with Crippen molar-refractivity contribution in [3.05, 3.63) is 82.0 Å². The largest absolute Gasteiger partial charge is 0.322 e. The van der Waals surface area contributed by atoms with Crippen molar-refractivity contribution in [2.45, 2.75) is 11.8 Å². The number of halogens is 2. The van der Waals surface area contributed by atoms with Gasteiger partial charge in [0.25, 0.3) is 15.9 Å². The van der Waals surface area contributed by atoms with Crippen molar-refractivity contribution in [2.24, 2.45) is 0 Å². The molecule has 0 radical (unpaired) electrons. The maximum Gasteiger partial charge on any atom is 0.263 e. The highest BCUT2D eigenvalue weighted by molar-refractivity contribution is 7.92. The van der Waals surface area contributed by atoms with E-state index in [0.717, 1.165) is 5.56 Å². The van der Waals surface area contributed by atoms with Crippen LogP contribution in [0.5, 0.6) is 0 Å². The topological polar surface area (TPSA) is 88.2 Å². The first-order valence-corrected chi connectivity index (χ1v) is 10.3. The lowest BCUT2D eigenvalue weighted by atomic mass is 10.1. The summed E-state index contributed by atoms with van der Waals surface area (Å²) in [4.78, 5) is 16.4. The van der Waals surface area contributed by atoms with Crippen LogP contribution in [0.3, 0.4) is 0 Å². The fourth-order valence-corrected chi connectivity index (χ4v) is 3.73. The Kier molecular flexibility index (Phi) is 5.88. The zero-order chi connectivity index (χ0) is 20.3. The Morgan fingerprint density at radius 3 is 2.46 bits per heavy atom. The summed E-state index contributed by atoms with van der Waals surface area (Å²) >= 11 is 11.9. The van der Waals surface area contributed by atoms with Gasteiger partial charge in [0, 0.05) is 11.9 Å². The van der Waals surface area contributed by atoms with Gasteiger partial charge in [-0.15, -0.1) is 0 Å². The highest BCUT2D eigenvalue weighted by Crippen LogP contribution is 2.24. The van der Waals surface area contributed by atoms with Crippen LogP contribution in [0.1, 0.15) is 15.9 Å². The predicted molar refractivity (Wildman–Crippen MR) is 111 cm³/mol. The molecule has 0 aliphatic rings. The molecular weight excluding hydrogens is 421 g/mol. The molecule has 2 aromatic carbocycles. The lowest BCUT2D eigenvalue weighted by Crippen LogP contribution is -2.17. The van der Waals surface area contributed by atoms with E-state index in [9.17, 15) is 13.2 Å². The molecule has 28 heavy (non-hydrogen) atoms. The van der Waals surface area contributed by atoms with Crippen LogP contribution < -0.4 is 10.0 Å². The minimum Gasteiger partial charge on any atom is -0.322 e. The van der Waals surface area contributed by atoms with Gasteiger partial charge in [-0.1, -0.05) is 41.4 Å². The zero-order valence-corrected chi connectivity index (χ0v) is 16.9. The highest BCUT2D eigenvalue weighted by atomic mass is 35.5. The van der Waals surface area contributed by atoms with Gasteiger partial charge in [0.2, 0.25) is 0 Å². The third-order valence-corrected chi connectivity index (χ3v) is 5.76. The average molecular weight is 436 g/mol. The van der Waals surface area contributed by atoms with Crippen molar-refractivity contribution >= 4 is 50.6 Å². The van der Waals surface area contributed by atoms with Crippen LogP contribution >= 0.6 is 23.2 Å². The summed E-state index contributed by atoms with van der Waals surface area (Å²) in [7, 11) is -3.97. The highest BCUT2D eigenvalue weighted by Gasteiger charge is 2.20. The molecule has 144 valence electrons. The van der Waals surface area contributed by atoms with Gasteiger partial charge in [-0.25, -0.2) is 13.4 Å². The van der Waals surface area contributed by atoms with E-state index in [4.69, 9.17) is 23.2 Å². The maximum absolute atomic E-state index is 12.6. The van der Waals surface area contributed by atoms with Gasteiger partial charge >= 0.3 is 0 Å². The van der Waals surface area contributed by atoms with Crippen molar-refractivity contribution in [3.8, 4) is 0 Å². The second kappa shape index (κ2) is 8.18. The number of hydrogen-bond acceptors (Lipinski definition) is 4. The van der Waals surface area contributed by atoms with Gasteiger partial charge in [-0.05, 0) is 48.9 Å². The number of rotatable bonds is 5. The van der Waals surface area contributed by atoms with Crippen LogP contribution in [0.4, 0.5) is 11.5 Å². The fourth-order valence-electron chi connectivity index (χ4n) is 2.38. The van der Waals surface area contributed by atoms with Crippen molar-refractivity contribution in [2.75, 3.05) is 10.0 Å². The number of sulfonamides is 1. The van der Waals surface area contributed by atoms with Crippen molar-refractivity contribution in [3.63, 3.8) is 0 Å². The van der Waals surface area contributed by atoms with E-state index in [0.29, 0.717) is 10.7 Å². The number of pyridine rings is 1. The third kappa shape index (κ3) is 4.62. The molecule has 0 aliphatic heterocycles. The van der Waals surface area contributed by atoms with Crippen molar-refractivity contribution < 1.29 is 13.2 Å². The molecule has 0 spiro atoms. The number of para-hydroxylation sites is 1. The number of aromatic nitrogens is 1. The maximum atomic E-state index is 12.6. The average Bonchev–Trinajstić information content (AvgIpc) is 2.65. The molecule has 6 nitrogen and oxygen atoms in total. The minimum absolute atomic E-state index is 0.0388. The van der Waals surface area contributed by atoms with Gasteiger partial charge in [0.1, 0.15) is 5.82 Å². The van der Waals surface area contributed by atoms with Crippen LogP contribution in [-0.2, 0) is 10.0 Å². The minimum atomic E-state index is -3.97. The molecule has 0 atom stereocenters. The second-order valence-electron chi connectivity index (χ2n) is 5.88. The Labute approximate surface area is 172 Å². The van der Waals surface area contributed by atoms with E-state index < -0.39 is 15.9 Å². The van der Waals surface area contributed by atoms with E-state index in [-0.39, 0.29) is 21.3 Å². The van der Waals surface area contributed by atoms with Gasteiger partial charge in [-0.2, -0.15) is 0 Å². The summed E-state index contributed by atoms with van der Waals surface area (Å²) in [6.45, 7) is 1.85. The number of carbonyl (C=O) groups excluding carboxylic acids is 1. The summed E-state index contributed by atoms with van der Waals surface area (Å²) < 4.78 is 27.6. The molecule has 0 bridgehead atoms. The van der Waals surface area contributed by atoms with E-state index in [2.05, 4.69) is 15.0 Å². The number of benzene rings is 2. The Bertz CT molecular complexity index is 1130. The summed E-state index contributed by atoms with van der Waals surface area (Å²) in [6.07, 6.45) is 1.32. The number of carbonyl (C=O) groups is 1. The van der Waals surface area contributed by atoms with E-state index in [1.165, 1.54) is 36.5 Å². The van der Waals surface area contributed by atoms with Gasteiger partial charge < -0.3 is 5.32 Å². The quantitative estimate of drug-likeness (QED) is 0.604. The summed E-state index contributed by atoms with van der Waals surface area (Å²) in [5.74, 6) is -0.411. The molecule has 0 fully saturated rings. The number of anilines is 2. The zero-order valence-electron chi connectivity index (χ0n) is 14.6. The van der Waals surface area contributed by atoms with E-state index in [1.54, 1.807) is 12.1 Å². The summed E-state index contributed by atoms with van der Waals surface area (Å²) in [6, 6.07) is 14.1. The molecule has 0 aliphatic carbocycles. The van der Waals surface area contributed by atoms with Crippen LogP contribution in [0.2, 0.25) is 10.0 Å². The molecule has 9 heteroatoms. The fraction of sp³-hybridized carbons (Fsp3) is 0.0526. The Balaban J connectivity index is 1.89. The second-order valence-corrected chi connectivity index (χ2v) is 8.40. The van der Waals surface area contributed by atoms with Crippen LogP contribution in [-0.4, -0.2) is 19.3 Å². The SMILES string of the molecule is Cc1ccccc1NC(=O)c1cc(S(=O)(=O)Nc2ccc(Cl)cn2)ccc1Cl. The molecule has 1 heterocycles. The molecule has 0 saturated carbocycles. The van der Waals surface area contributed by atoms with Gasteiger partial charge in [0.05, 0.1) is 20.5 Å². The van der Waals surface area contributed by atoms with Crippen molar-refractivity contribution in [1.82, 2.24) is 4.98 Å². The van der Waals surface area contributed by atoms with Crippen LogP contribution in [0.15, 0.2) is 65.7 Å². The summed E-state index contributed by atoms with van der Waals surface area (Å²) in [5, 5.41) is 3.25. The molecular formula is C19H15Cl2N3O3S. The first-order chi connectivity index (χ1) is 13.3. The Hall–Kier alpha value is -2.61. The third-order valence-electron chi connectivity index (χ3n) is 3.85. The molecule has 1 aromatic heterocycles.